The number of aliphatic hydroxyl groups excluding tert-OH is 1. The van der Waals surface area contributed by atoms with Gasteiger partial charge in [-0.05, 0) is 12.3 Å². The summed E-state index contributed by atoms with van der Waals surface area (Å²) in [7, 11) is 0. The number of carboxylic acids is 1. The van der Waals surface area contributed by atoms with Gasteiger partial charge in [0.15, 0.2) is 0 Å². The molecule has 7 nitrogen and oxygen atoms in total. The molecule has 0 saturated carbocycles. The summed E-state index contributed by atoms with van der Waals surface area (Å²) in [5.41, 5.74) is 0. The van der Waals surface area contributed by atoms with Crippen molar-refractivity contribution in [1.82, 2.24) is 9.80 Å². The van der Waals surface area contributed by atoms with Crippen LogP contribution in [-0.2, 0) is 9.53 Å². The van der Waals surface area contributed by atoms with Crippen LogP contribution in [0.5, 0.6) is 0 Å². The monoisotopic (exact) mass is 272 g/mol. The number of carbonyl (C=O) groups excluding carboxylic acids is 1. The van der Waals surface area contributed by atoms with E-state index in [2.05, 4.69) is 0 Å². The van der Waals surface area contributed by atoms with Crippen molar-refractivity contribution in [3.05, 3.63) is 0 Å². The molecule has 19 heavy (non-hydrogen) atoms. The van der Waals surface area contributed by atoms with Crippen molar-refractivity contribution >= 4 is 12.0 Å². The molecule has 2 amide bonds. The Kier molecular flexibility index (Phi) is 4.26. The summed E-state index contributed by atoms with van der Waals surface area (Å²) in [5.74, 6) is -0.985. The number of hydrogen-bond acceptors (Lipinski definition) is 4. The highest BCUT2D eigenvalue weighted by Gasteiger charge is 2.41. The van der Waals surface area contributed by atoms with E-state index in [1.54, 1.807) is 4.90 Å². The Labute approximate surface area is 111 Å². The van der Waals surface area contributed by atoms with E-state index >= 15 is 0 Å². The van der Waals surface area contributed by atoms with Crippen molar-refractivity contribution in [1.29, 1.82) is 0 Å². The number of aliphatic carboxylic acids is 1. The number of urea groups is 1. The van der Waals surface area contributed by atoms with Gasteiger partial charge in [0.1, 0.15) is 6.04 Å². The predicted molar refractivity (Wildman–Crippen MR) is 65.7 cm³/mol. The van der Waals surface area contributed by atoms with E-state index in [0.29, 0.717) is 32.7 Å². The van der Waals surface area contributed by atoms with Crippen LogP contribution in [0.25, 0.3) is 0 Å². The van der Waals surface area contributed by atoms with Crippen LogP contribution in [0.15, 0.2) is 0 Å². The van der Waals surface area contributed by atoms with E-state index in [-0.39, 0.29) is 24.7 Å². The number of amides is 2. The minimum Gasteiger partial charge on any atom is -0.480 e. The van der Waals surface area contributed by atoms with Crippen LogP contribution in [0.4, 0.5) is 4.79 Å². The van der Waals surface area contributed by atoms with Crippen molar-refractivity contribution in [2.45, 2.75) is 25.5 Å². The maximum Gasteiger partial charge on any atom is 0.326 e. The quantitative estimate of drug-likeness (QED) is 0.713. The first kappa shape index (κ1) is 14.1. The SMILES string of the molecule is CC1CCN(C(=O)N2CCOC(CO)C2)C1C(=O)O. The van der Waals surface area contributed by atoms with Gasteiger partial charge in [0.2, 0.25) is 0 Å². The van der Waals surface area contributed by atoms with E-state index < -0.39 is 12.0 Å². The standard InChI is InChI=1S/C12H20N2O5/c1-8-2-3-14(10(8)11(16)17)12(18)13-4-5-19-9(6-13)7-15/h8-10,15H,2-7H2,1H3,(H,16,17). The highest BCUT2D eigenvalue weighted by Crippen LogP contribution is 2.25. The third-order valence-electron chi connectivity index (χ3n) is 3.81. The number of aliphatic hydroxyl groups is 1. The second-order valence-corrected chi connectivity index (χ2v) is 5.15. The summed E-state index contributed by atoms with van der Waals surface area (Å²) in [6, 6.07) is -1.01. The minimum atomic E-state index is -0.953. The fourth-order valence-electron chi connectivity index (χ4n) is 2.72. The molecule has 0 aromatic heterocycles. The zero-order chi connectivity index (χ0) is 14.0. The molecular weight excluding hydrogens is 252 g/mol. The number of likely N-dealkylation sites (tertiary alicyclic amines) is 1. The number of rotatable bonds is 2. The van der Waals surface area contributed by atoms with Crippen LogP contribution < -0.4 is 0 Å². The molecule has 2 saturated heterocycles. The molecule has 2 heterocycles. The minimum absolute atomic E-state index is 0.0314. The Balaban J connectivity index is 2.04. The third kappa shape index (κ3) is 2.82. The van der Waals surface area contributed by atoms with Gasteiger partial charge in [0, 0.05) is 13.1 Å². The Morgan fingerprint density at radius 3 is 2.74 bits per heavy atom. The van der Waals surface area contributed by atoms with Crippen LogP contribution in [0.2, 0.25) is 0 Å². The molecule has 0 aliphatic carbocycles. The normalized spacial score (nSPS) is 31.6. The van der Waals surface area contributed by atoms with Crippen LogP contribution >= 0.6 is 0 Å². The largest absolute Gasteiger partial charge is 0.480 e. The zero-order valence-corrected chi connectivity index (χ0v) is 11.0. The Bertz CT molecular complexity index is 362. The lowest BCUT2D eigenvalue weighted by molar-refractivity contribution is -0.142. The summed E-state index contributed by atoms with van der Waals surface area (Å²) in [5, 5.41) is 18.3. The van der Waals surface area contributed by atoms with E-state index in [9.17, 15) is 14.7 Å². The fourth-order valence-corrected chi connectivity index (χ4v) is 2.72. The second-order valence-electron chi connectivity index (χ2n) is 5.15. The van der Waals surface area contributed by atoms with Crippen LogP contribution in [-0.4, -0.2) is 77.0 Å². The molecule has 2 N–H and O–H groups in total. The summed E-state index contributed by atoms with van der Waals surface area (Å²) < 4.78 is 5.29. The number of nitrogens with zero attached hydrogens (tertiary/aromatic N) is 2. The molecule has 3 atom stereocenters. The summed E-state index contributed by atoms with van der Waals surface area (Å²) >= 11 is 0. The summed E-state index contributed by atoms with van der Waals surface area (Å²) in [6.45, 7) is 3.31. The van der Waals surface area contributed by atoms with Gasteiger partial charge in [-0.15, -0.1) is 0 Å². The Morgan fingerprint density at radius 1 is 1.37 bits per heavy atom. The van der Waals surface area contributed by atoms with Crippen LogP contribution in [0.3, 0.4) is 0 Å². The number of morpholine rings is 1. The topological polar surface area (TPSA) is 90.3 Å². The average Bonchev–Trinajstić information content (AvgIpc) is 2.80. The molecule has 2 fully saturated rings. The number of carboxylic acid groups (broad SMARTS) is 1. The van der Waals surface area contributed by atoms with Crippen molar-refractivity contribution < 1.29 is 24.5 Å². The van der Waals surface area contributed by atoms with Crippen LogP contribution in [0.1, 0.15) is 13.3 Å². The number of carbonyl (C=O) groups is 2. The van der Waals surface area contributed by atoms with Gasteiger partial charge in [-0.1, -0.05) is 6.92 Å². The summed E-state index contributed by atoms with van der Waals surface area (Å²) in [6.07, 6.45) is 0.331. The first-order chi connectivity index (χ1) is 9.04. The molecule has 2 aliphatic rings. The maximum atomic E-state index is 12.4. The lowest BCUT2D eigenvalue weighted by Gasteiger charge is -2.36. The first-order valence-corrected chi connectivity index (χ1v) is 6.55. The molecule has 0 spiro atoms. The maximum absolute atomic E-state index is 12.4. The van der Waals surface area contributed by atoms with Crippen molar-refractivity contribution in [3.63, 3.8) is 0 Å². The molecule has 2 rings (SSSR count). The zero-order valence-electron chi connectivity index (χ0n) is 11.0. The lowest BCUT2D eigenvalue weighted by Crippen LogP contribution is -2.54. The number of ether oxygens (including phenoxy) is 1. The van der Waals surface area contributed by atoms with Gasteiger partial charge in [-0.3, -0.25) is 0 Å². The smallest absolute Gasteiger partial charge is 0.326 e. The molecule has 0 aromatic carbocycles. The molecule has 7 heteroatoms. The third-order valence-corrected chi connectivity index (χ3v) is 3.81. The van der Waals surface area contributed by atoms with Crippen molar-refractivity contribution in [2.24, 2.45) is 5.92 Å². The van der Waals surface area contributed by atoms with Gasteiger partial charge in [0.25, 0.3) is 0 Å². The number of hydrogen-bond donors (Lipinski definition) is 2. The predicted octanol–water partition coefficient (Wildman–Crippen LogP) is -0.405. The van der Waals surface area contributed by atoms with Gasteiger partial charge in [0.05, 0.1) is 25.9 Å². The highest BCUT2D eigenvalue weighted by atomic mass is 16.5. The van der Waals surface area contributed by atoms with E-state index in [0.717, 1.165) is 0 Å². The molecule has 108 valence electrons. The fraction of sp³-hybridized carbons (Fsp3) is 0.833. The summed E-state index contributed by atoms with van der Waals surface area (Å²) in [4.78, 5) is 26.6. The van der Waals surface area contributed by atoms with Gasteiger partial charge >= 0.3 is 12.0 Å². The van der Waals surface area contributed by atoms with Gasteiger partial charge in [-0.2, -0.15) is 0 Å². The van der Waals surface area contributed by atoms with Crippen LogP contribution in [0, 0.1) is 5.92 Å². The molecule has 0 aromatic rings. The van der Waals surface area contributed by atoms with E-state index in [1.807, 2.05) is 6.92 Å². The Hall–Kier alpha value is -1.34. The van der Waals surface area contributed by atoms with Crippen molar-refractivity contribution in [3.8, 4) is 0 Å². The highest BCUT2D eigenvalue weighted by molar-refractivity contribution is 5.83. The first-order valence-electron chi connectivity index (χ1n) is 6.55. The molecular formula is C12H20N2O5. The molecule has 0 bridgehead atoms. The Morgan fingerprint density at radius 2 is 2.11 bits per heavy atom. The lowest BCUT2D eigenvalue weighted by atomic mass is 10.0. The molecule has 0 radical (unpaired) electrons. The van der Waals surface area contributed by atoms with E-state index in [4.69, 9.17) is 9.84 Å². The van der Waals surface area contributed by atoms with Gasteiger partial charge in [-0.25, -0.2) is 9.59 Å². The van der Waals surface area contributed by atoms with Crippen molar-refractivity contribution in [2.75, 3.05) is 32.8 Å². The molecule has 2 aliphatic heterocycles. The second kappa shape index (κ2) is 5.75. The van der Waals surface area contributed by atoms with E-state index in [1.165, 1.54) is 4.90 Å². The molecule has 3 unspecified atom stereocenters. The average molecular weight is 272 g/mol. The van der Waals surface area contributed by atoms with Gasteiger partial charge < -0.3 is 24.7 Å².